The van der Waals surface area contributed by atoms with Crippen LogP contribution in [0, 0.1) is 17.3 Å². The van der Waals surface area contributed by atoms with E-state index in [0.717, 1.165) is 72.8 Å². The van der Waals surface area contributed by atoms with Crippen LogP contribution in [0.15, 0.2) is 49.2 Å². The first-order valence-electron chi connectivity index (χ1n) is 12.4. The normalized spacial score (nSPS) is 14.3. The van der Waals surface area contributed by atoms with Crippen LogP contribution in [-0.2, 0) is 13.6 Å². The Morgan fingerprint density at radius 1 is 1.08 bits per heavy atom. The number of piperidine rings is 1. The number of pyridine rings is 1. The number of nitrogens with zero attached hydrogens (tertiary/aromatic N) is 9. The summed E-state index contributed by atoms with van der Waals surface area (Å²) in [6.07, 6.45) is 8.85. The van der Waals surface area contributed by atoms with Crippen molar-refractivity contribution in [3.63, 3.8) is 0 Å². The zero-order valence-corrected chi connectivity index (χ0v) is 21.3. The molecule has 0 aliphatic carbocycles. The highest BCUT2D eigenvalue weighted by atomic mass is 19.1. The molecule has 3 aromatic heterocycles. The standard InChI is InChI=1S/C27H30FN9/c1-34(2)12-13-37-17-21(16-32-37)22-5-6-23(20-4-7-25(28)30-15-20)26(24(22)14-29)36-10-8-19(9-11-36)27-33-31-18-35(27)3/h4-7,15-19H,8-13H2,1-3H3. The molecule has 4 aromatic rings. The monoisotopic (exact) mass is 499 g/mol. The smallest absolute Gasteiger partial charge is 0.212 e. The van der Waals surface area contributed by atoms with E-state index in [1.165, 1.54) is 12.3 Å². The van der Waals surface area contributed by atoms with E-state index in [9.17, 15) is 9.65 Å². The Kier molecular flexibility index (Phi) is 6.97. The fourth-order valence-corrected chi connectivity index (χ4v) is 4.99. The number of rotatable bonds is 7. The lowest BCUT2D eigenvalue weighted by atomic mass is 9.90. The molecule has 1 saturated heterocycles. The third-order valence-corrected chi connectivity index (χ3v) is 6.97. The van der Waals surface area contributed by atoms with Crippen molar-refractivity contribution in [2.75, 3.05) is 38.6 Å². The van der Waals surface area contributed by atoms with Crippen molar-refractivity contribution in [1.29, 1.82) is 5.26 Å². The number of benzene rings is 1. The van der Waals surface area contributed by atoms with Gasteiger partial charge in [-0.3, -0.25) is 4.68 Å². The van der Waals surface area contributed by atoms with Gasteiger partial charge in [0, 0.05) is 67.2 Å². The van der Waals surface area contributed by atoms with Gasteiger partial charge < -0.3 is 14.4 Å². The third-order valence-electron chi connectivity index (χ3n) is 6.97. The van der Waals surface area contributed by atoms with Crippen molar-refractivity contribution in [1.82, 2.24) is 34.4 Å². The van der Waals surface area contributed by atoms with Crippen LogP contribution in [0.25, 0.3) is 22.3 Å². The van der Waals surface area contributed by atoms with Gasteiger partial charge in [-0.2, -0.15) is 14.8 Å². The van der Waals surface area contributed by atoms with E-state index in [-0.39, 0.29) is 0 Å². The fourth-order valence-electron chi connectivity index (χ4n) is 4.99. The minimum absolute atomic E-state index is 0.309. The van der Waals surface area contributed by atoms with E-state index in [2.05, 4.69) is 36.1 Å². The lowest BCUT2D eigenvalue weighted by Crippen LogP contribution is -2.34. The van der Waals surface area contributed by atoms with E-state index < -0.39 is 5.95 Å². The quantitative estimate of drug-likeness (QED) is 0.358. The predicted molar refractivity (Wildman–Crippen MR) is 139 cm³/mol. The molecule has 0 N–H and O–H groups in total. The molecule has 0 saturated carbocycles. The Balaban J connectivity index is 1.53. The lowest BCUT2D eigenvalue weighted by molar-refractivity contribution is 0.373. The molecule has 190 valence electrons. The summed E-state index contributed by atoms with van der Waals surface area (Å²) in [6.45, 7) is 3.16. The summed E-state index contributed by atoms with van der Waals surface area (Å²) in [5.74, 6) is 0.766. The van der Waals surface area contributed by atoms with Crippen molar-refractivity contribution >= 4 is 5.69 Å². The van der Waals surface area contributed by atoms with E-state index in [4.69, 9.17) is 0 Å². The molecule has 0 atom stereocenters. The van der Waals surface area contributed by atoms with Crippen molar-refractivity contribution in [2.24, 2.45) is 7.05 Å². The number of anilines is 1. The topological polar surface area (TPSA) is 91.7 Å². The molecule has 0 amide bonds. The number of halogens is 1. The molecule has 9 nitrogen and oxygen atoms in total. The second-order valence-electron chi connectivity index (χ2n) is 9.72. The van der Waals surface area contributed by atoms with Crippen molar-refractivity contribution < 1.29 is 4.39 Å². The summed E-state index contributed by atoms with van der Waals surface area (Å²) in [4.78, 5) is 8.24. The molecule has 4 heterocycles. The van der Waals surface area contributed by atoms with Crippen molar-refractivity contribution in [2.45, 2.75) is 25.3 Å². The van der Waals surface area contributed by atoms with Gasteiger partial charge >= 0.3 is 0 Å². The third kappa shape index (κ3) is 5.08. The Hall–Kier alpha value is -4.10. The van der Waals surface area contributed by atoms with Gasteiger partial charge in [0.25, 0.3) is 0 Å². The molecule has 0 unspecified atom stereocenters. The highest BCUT2D eigenvalue weighted by molar-refractivity contribution is 5.89. The molecule has 10 heteroatoms. The maximum absolute atomic E-state index is 13.6. The van der Waals surface area contributed by atoms with E-state index in [1.807, 2.05) is 54.9 Å². The van der Waals surface area contributed by atoms with Gasteiger partial charge in [-0.1, -0.05) is 12.1 Å². The molecule has 0 bridgehead atoms. The minimum atomic E-state index is -0.531. The average Bonchev–Trinajstić information content (AvgIpc) is 3.56. The molecule has 0 radical (unpaired) electrons. The van der Waals surface area contributed by atoms with Crippen LogP contribution in [0.1, 0.15) is 30.1 Å². The predicted octanol–water partition coefficient (Wildman–Crippen LogP) is 3.70. The number of aryl methyl sites for hydroxylation is 1. The van der Waals surface area contributed by atoms with Crippen LogP contribution >= 0.6 is 0 Å². The Bertz CT molecular complexity index is 1410. The van der Waals surface area contributed by atoms with Gasteiger partial charge in [-0.05, 0) is 39.1 Å². The van der Waals surface area contributed by atoms with E-state index in [1.54, 1.807) is 12.4 Å². The molecule has 1 aromatic carbocycles. The molecular formula is C27H30FN9. The van der Waals surface area contributed by atoms with Crippen LogP contribution in [0.2, 0.25) is 0 Å². The molecule has 1 aliphatic rings. The highest BCUT2D eigenvalue weighted by Gasteiger charge is 2.28. The van der Waals surface area contributed by atoms with Gasteiger partial charge in [-0.15, -0.1) is 10.2 Å². The van der Waals surface area contributed by atoms with Crippen LogP contribution in [0.3, 0.4) is 0 Å². The first kappa shape index (κ1) is 24.6. The molecule has 5 rings (SSSR count). The SMILES string of the molecule is CN(C)CCn1cc(-c2ccc(-c3ccc(F)nc3)c(N3CCC(c4nncn4C)CC3)c2C#N)cn1. The zero-order valence-electron chi connectivity index (χ0n) is 21.3. The first-order chi connectivity index (χ1) is 17.9. The molecule has 1 fully saturated rings. The number of likely N-dealkylation sites (N-methyl/N-ethyl adjacent to an activating group) is 1. The first-order valence-corrected chi connectivity index (χ1v) is 12.4. The number of nitriles is 1. The van der Waals surface area contributed by atoms with Gasteiger partial charge in [0.2, 0.25) is 5.95 Å². The summed E-state index contributed by atoms with van der Waals surface area (Å²) in [6, 6.07) is 9.52. The highest BCUT2D eigenvalue weighted by Crippen LogP contribution is 2.41. The maximum Gasteiger partial charge on any atom is 0.212 e. The maximum atomic E-state index is 13.6. The Morgan fingerprint density at radius 2 is 1.86 bits per heavy atom. The average molecular weight is 500 g/mol. The number of aromatic nitrogens is 6. The summed E-state index contributed by atoms with van der Waals surface area (Å²) < 4.78 is 17.5. The Labute approximate surface area is 215 Å². The fraction of sp³-hybridized carbons (Fsp3) is 0.370. The van der Waals surface area contributed by atoms with Crippen LogP contribution < -0.4 is 4.90 Å². The summed E-state index contributed by atoms with van der Waals surface area (Å²) in [5.41, 5.74) is 4.82. The van der Waals surface area contributed by atoms with Crippen LogP contribution in [-0.4, -0.2) is 68.2 Å². The van der Waals surface area contributed by atoms with Gasteiger partial charge in [0.15, 0.2) is 0 Å². The van der Waals surface area contributed by atoms with Gasteiger partial charge in [0.1, 0.15) is 18.2 Å². The number of hydrogen-bond acceptors (Lipinski definition) is 7. The molecular weight excluding hydrogens is 469 g/mol. The molecule has 1 aliphatic heterocycles. The van der Waals surface area contributed by atoms with Crippen LogP contribution in [0.4, 0.5) is 10.1 Å². The molecule has 0 spiro atoms. The Morgan fingerprint density at radius 3 is 2.51 bits per heavy atom. The van der Waals surface area contributed by atoms with Gasteiger partial charge in [0.05, 0.1) is 24.0 Å². The zero-order chi connectivity index (χ0) is 25.9. The van der Waals surface area contributed by atoms with E-state index in [0.29, 0.717) is 11.5 Å². The van der Waals surface area contributed by atoms with E-state index >= 15 is 0 Å². The summed E-state index contributed by atoms with van der Waals surface area (Å²) in [7, 11) is 6.03. The second-order valence-corrected chi connectivity index (χ2v) is 9.72. The second kappa shape index (κ2) is 10.5. The van der Waals surface area contributed by atoms with Crippen molar-refractivity contribution in [3.05, 3.63) is 66.5 Å². The van der Waals surface area contributed by atoms with Gasteiger partial charge in [-0.25, -0.2) is 4.98 Å². The summed E-state index contributed by atoms with van der Waals surface area (Å²) in [5, 5.41) is 23.3. The number of hydrogen-bond donors (Lipinski definition) is 0. The summed E-state index contributed by atoms with van der Waals surface area (Å²) >= 11 is 0. The minimum Gasteiger partial charge on any atom is -0.370 e. The van der Waals surface area contributed by atoms with Crippen molar-refractivity contribution in [3.8, 4) is 28.3 Å². The lowest BCUT2D eigenvalue weighted by Gasteiger charge is -2.35. The largest absolute Gasteiger partial charge is 0.370 e. The molecule has 37 heavy (non-hydrogen) atoms. The van der Waals surface area contributed by atoms with Crippen LogP contribution in [0.5, 0.6) is 0 Å².